The number of nitrogens with zero attached hydrogens (tertiary/aromatic N) is 1. The third-order valence-electron chi connectivity index (χ3n) is 4.24. The average Bonchev–Trinajstić information content (AvgIpc) is 3.22. The lowest BCUT2D eigenvalue weighted by molar-refractivity contribution is -0.162. The van der Waals surface area contributed by atoms with Crippen molar-refractivity contribution in [3.63, 3.8) is 0 Å². The molecule has 2 atom stereocenters. The molecule has 2 heterocycles. The van der Waals surface area contributed by atoms with E-state index in [1.165, 1.54) is 18.3 Å². The van der Waals surface area contributed by atoms with Crippen molar-refractivity contribution in [1.82, 2.24) is 4.98 Å². The number of amides is 1. The summed E-state index contributed by atoms with van der Waals surface area (Å²) in [6.07, 6.45) is -1.93. The van der Waals surface area contributed by atoms with Crippen molar-refractivity contribution in [3.05, 3.63) is 60.0 Å². The molecule has 1 aliphatic heterocycles. The molecule has 3 aromatic rings. The Morgan fingerprint density at radius 3 is 2.66 bits per heavy atom. The minimum atomic E-state index is -1.01. The second-order valence-corrected chi connectivity index (χ2v) is 7.19. The second-order valence-electron chi connectivity index (χ2n) is 6.34. The van der Waals surface area contributed by atoms with Crippen LogP contribution in [0.5, 0.6) is 11.5 Å². The number of hydrogen-bond donors (Lipinski definition) is 1. The van der Waals surface area contributed by atoms with Gasteiger partial charge in [0.1, 0.15) is 6.61 Å². The van der Waals surface area contributed by atoms with Crippen LogP contribution in [-0.2, 0) is 14.3 Å². The highest BCUT2D eigenvalue weighted by Gasteiger charge is 2.31. The molecule has 0 saturated heterocycles. The molecule has 0 saturated carbocycles. The number of ether oxygens (including phenoxy) is 3. The van der Waals surface area contributed by atoms with Gasteiger partial charge in [0.25, 0.3) is 5.91 Å². The van der Waals surface area contributed by atoms with Crippen LogP contribution < -0.4 is 14.8 Å². The van der Waals surface area contributed by atoms with Gasteiger partial charge in [-0.05, 0) is 19.1 Å². The van der Waals surface area contributed by atoms with E-state index in [1.54, 1.807) is 18.2 Å². The molecule has 148 valence electrons. The Morgan fingerprint density at radius 1 is 1.14 bits per heavy atom. The van der Waals surface area contributed by atoms with Gasteiger partial charge in [-0.15, -0.1) is 11.3 Å². The number of anilines is 1. The molecule has 29 heavy (non-hydrogen) atoms. The van der Waals surface area contributed by atoms with Gasteiger partial charge >= 0.3 is 5.97 Å². The van der Waals surface area contributed by atoms with E-state index in [0.29, 0.717) is 16.6 Å². The standard InChI is InChI=1S/C21H18N2O5S/c1-13(27-20(25)18-11-26-16-9-5-6-10-17(16)28-18)19(24)23-21-22-15(12-29-21)14-7-3-2-4-8-14/h2-10,12-13,18H,11H2,1H3,(H,22,23,24)/t13-,18-/m0/s1. The quantitative estimate of drug-likeness (QED) is 0.648. The number of aromatic nitrogens is 1. The van der Waals surface area contributed by atoms with Gasteiger partial charge in [-0.1, -0.05) is 42.5 Å². The second kappa shape index (κ2) is 8.32. The van der Waals surface area contributed by atoms with Gasteiger partial charge in [0.15, 0.2) is 22.7 Å². The average molecular weight is 410 g/mol. The lowest BCUT2D eigenvalue weighted by Crippen LogP contribution is -2.41. The molecule has 0 fully saturated rings. The molecule has 0 bridgehead atoms. The highest BCUT2D eigenvalue weighted by molar-refractivity contribution is 7.14. The molecule has 0 spiro atoms. The van der Waals surface area contributed by atoms with Crippen molar-refractivity contribution < 1.29 is 23.8 Å². The first-order valence-electron chi connectivity index (χ1n) is 9.01. The summed E-state index contributed by atoms with van der Waals surface area (Å²) in [4.78, 5) is 29.1. The van der Waals surface area contributed by atoms with E-state index in [4.69, 9.17) is 14.2 Å². The number of hydrogen-bond acceptors (Lipinski definition) is 7. The monoisotopic (exact) mass is 410 g/mol. The third-order valence-corrected chi connectivity index (χ3v) is 5.00. The molecule has 4 rings (SSSR count). The van der Waals surface area contributed by atoms with Crippen LogP contribution in [0.4, 0.5) is 5.13 Å². The molecule has 8 heteroatoms. The molecular weight excluding hydrogens is 392 g/mol. The van der Waals surface area contributed by atoms with Gasteiger partial charge in [-0.25, -0.2) is 9.78 Å². The number of thiazole rings is 1. The Hall–Kier alpha value is -3.39. The molecule has 0 aliphatic carbocycles. The molecular formula is C21H18N2O5S. The Kier molecular flexibility index (Phi) is 5.44. The Bertz CT molecular complexity index is 1020. The summed E-state index contributed by atoms with van der Waals surface area (Å²) in [5, 5.41) is 4.96. The van der Waals surface area contributed by atoms with Crippen LogP contribution in [0.3, 0.4) is 0 Å². The van der Waals surface area contributed by atoms with Crippen LogP contribution in [0.15, 0.2) is 60.0 Å². The van der Waals surface area contributed by atoms with Crippen LogP contribution in [0.25, 0.3) is 11.3 Å². The molecule has 1 aromatic heterocycles. The van der Waals surface area contributed by atoms with Crippen molar-refractivity contribution in [2.24, 2.45) is 0 Å². The summed E-state index contributed by atoms with van der Waals surface area (Å²) in [7, 11) is 0. The number of carbonyl (C=O) groups is 2. The first kappa shape index (κ1) is 18.9. The van der Waals surface area contributed by atoms with Crippen LogP contribution in [0.1, 0.15) is 6.92 Å². The van der Waals surface area contributed by atoms with Crippen LogP contribution in [-0.4, -0.2) is 35.7 Å². The zero-order valence-corrected chi connectivity index (χ0v) is 16.3. The van der Waals surface area contributed by atoms with Crippen molar-refractivity contribution >= 4 is 28.3 Å². The summed E-state index contributed by atoms with van der Waals surface area (Å²) in [6, 6.07) is 16.7. The predicted molar refractivity (Wildman–Crippen MR) is 108 cm³/mol. The maximum Gasteiger partial charge on any atom is 0.351 e. The Morgan fingerprint density at radius 2 is 1.86 bits per heavy atom. The molecule has 0 unspecified atom stereocenters. The molecule has 1 N–H and O–H groups in total. The van der Waals surface area contributed by atoms with E-state index in [0.717, 1.165) is 11.3 Å². The Balaban J connectivity index is 1.33. The minimum Gasteiger partial charge on any atom is -0.485 e. The molecule has 7 nitrogen and oxygen atoms in total. The summed E-state index contributed by atoms with van der Waals surface area (Å²) >= 11 is 1.30. The molecule has 2 aromatic carbocycles. The number of nitrogens with one attached hydrogen (secondary N) is 1. The highest BCUT2D eigenvalue weighted by Crippen LogP contribution is 2.31. The zero-order valence-electron chi connectivity index (χ0n) is 15.5. The zero-order chi connectivity index (χ0) is 20.2. The summed E-state index contributed by atoms with van der Waals surface area (Å²) in [5.41, 5.74) is 1.72. The molecule has 1 amide bonds. The highest BCUT2D eigenvalue weighted by atomic mass is 32.1. The van der Waals surface area contributed by atoms with Gasteiger partial charge in [-0.3, -0.25) is 10.1 Å². The first-order valence-corrected chi connectivity index (χ1v) is 9.89. The van der Waals surface area contributed by atoms with Crippen molar-refractivity contribution in [3.8, 4) is 22.8 Å². The van der Waals surface area contributed by atoms with Gasteiger partial charge in [0.2, 0.25) is 6.10 Å². The van der Waals surface area contributed by atoms with Gasteiger partial charge in [-0.2, -0.15) is 0 Å². The number of benzene rings is 2. The van der Waals surface area contributed by atoms with Gasteiger partial charge < -0.3 is 14.2 Å². The van der Waals surface area contributed by atoms with Crippen LogP contribution in [0.2, 0.25) is 0 Å². The van der Waals surface area contributed by atoms with Crippen molar-refractivity contribution in [2.75, 3.05) is 11.9 Å². The van der Waals surface area contributed by atoms with E-state index >= 15 is 0 Å². The van der Waals surface area contributed by atoms with Crippen molar-refractivity contribution in [1.29, 1.82) is 0 Å². The fourth-order valence-corrected chi connectivity index (χ4v) is 3.44. The maximum absolute atomic E-state index is 12.4. The number of rotatable bonds is 5. The summed E-state index contributed by atoms with van der Waals surface area (Å²) in [6.45, 7) is 1.52. The SMILES string of the molecule is C[C@H](OC(=O)[C@@H]1COc2ccccc2O1)C(=O)Nc1nc(-c2ccccc2)cs1. The number of esters is 1. The first-order chi connectivity index (χ1) is 14.1. The summed E-state index contributed by atoms with van der Waals surface area (Å²) < 4.78 is 16.4. The van der Waals surface area contributed by atoms with E-state index in [2.05, 4.69) is 10.3 Å². The normalized spacial score (nSPS) is 16.0. The minimum absolute atomic E-state index is 0.0249. The molecule has 1 aliphatic rings. The number of fused-ring (bicyclic) bond motifs is 1. The number of para-hydroxylation sites is 2. The largest absolute Gasteiger partial charge is 0.485 e. The van der Waals surface area contributed by atoms with E-state index in [1.807, 2.05) is 41.8 Å². The fourth-order valence-electron chi connectivity index (χ4n) is 2.72. The lowest BCUT2D eigenvalue weighted by atomic mass is 10.2. The summed E-state index contributed by atoms with van der Waals surface area (Å²) in [5.74, 6) is -0.0925. The topological polar surface area (TPSA) is 86.8 Å². The van der Waals surface area contributed by atoms with Crippen molar-refractivity contribution in [2.45, 2.75) is 19.1 Å². The lowest BCUT2D eigenvalue weighted by Gasteiger charge is -2.25. The van der Waals surface area contributed by atoms with Crippen LogP contribution >= 0.6 is 11.3 Å². The van der Waals surface area contributed by atoms with Crippen LogP contribution in [0, 0.1) is 0 Å². The predicted octanol–water partition coefficient (Wildman–Crippen LogP) is 3.52. The van der Waals surface area contributed by atoms with E-state index in [9.17, 15) is 9.59 Å². The Labute approximate surface area is 171 Å². The van der Waals surface area contributed by atoms with E-state index < -0.39 is 24.1 Å². The smallest absolute Gasteiger partial charge is 0.351 e. The van der Waals surface area contributed by atoms with E-state index in [-0.39, 0.29) is 6.61 Å². The maximum atomic E-state index is 12.4. The van der Waals surface area contributed by atoms with Gasteiger partial charge in [0, 0.05) is 10.9 Å². The van der Waals surface area contributed by atoms with Gasteiger partial charge in [0.05, 0.1) is 5.69 Å². The third kappa shape index (κ3) is 4.38. The number of carbonyl (C=O) groups excluding carboxylic acids is 2. The fraction of sp³-hybridized carbons (Fsp3) is 0.190. The molecule has 0 radical (unpaired) electrons.